The lowest BCUT2D eigenvalue weighted by Crippen LogP contribution is -2.28. The second-order valence-electron chi connectivity index (χ2n) is 4.78. The Morgan fingerprint density at radius 3 is 2.39 bits per heavy atom. The Morgan fingerprint density at radius 1 is 1.22 bits per heavy atom. The summed E-state index contributed by atoms with van der Waals surface area (Å²) >= 11 is 0. The summed E-state index contributed by atoms with van der Waals surface area (Å²) in [5, 5.41) is 3.30. The summed E-state index contributed by atoms with van der Waals surface area (Å²) in [5.41, 5.74) is 1.08. The Balaban J connectivity index is 2.57. The normalized spacial score (nSPS) is 13.5. The highest BCUT2D eigenvalue weighted by atomic mass is 32.2. The number of rotatable bonds is 7. The summed E-state index contributed by atoms with van der Waals surface area (Å²) in [7, 11) is -3.14. The molecule has 0 radical (unpaired) electrons. The Morgan fingerprint density at radius 2 is 1.83 bits per heavy atom. The van der Waals surface area contributed by atoms with E-state index < -0.39 is 9.84 Å². The molecule has 1 aromatic carbocycles. The molecule has 1 rings (SSSR count). The van der Waals surface area contributed by atoms with Gasteiger partial charge in [0.1, 0.15) is 0 Å². The average Bonchev–Trinajstić information content (AvgIpc) is 2.34. The van der Waals surface area contributed by atoms with Crippen LogP contribution in [0, 0.1) is 6.92 Å². The van der Waals surface area contributed by atoms with Gasteiger partial charge >= 0.3 is 0 Å². The first-order chi connectivity index (χ1) is 8.45. The van der Waals surface area contributed by atoms with Gasteiger partial charge in [0.05, 0.1) is 10.6 Å². The second-order valence-corrected chi connectivity index (χ2v) is 6.88. The third-order valence-electron chi connectivity index (χ3n) is 2.94. The number of aryl methyl sites for hydroxylation is 1. The summed E-state index contributed by atoms with van der Waals surface area (Å²) in [6.45, 7) is 7.02. The molecule has 0 saturated heterocycles. The zero-order chi connectivity index (χ0) is 13.6. The Kier molecular flexibility index (Phi) is 5.82. The van der Waals surface area contributed by atoms with E-state index in [1.54, 1.807) is 12.1 Å². The lowest BCUT2D eigenvalue weighted by Gasteiger charge is -2.13. The summed E-state index contributed by atoms with van der Waals surface area (Å²) in [4.78, 5) is 0.427. The molecule has 0 saturated carbocycles. The molecule has 0 aliphatic carbocycles. The lowest BCUT2D eigenvalue weighted by atomic mass is 10.2. The fourth-order valence-electron chi connectivity index (χ4n) is 1.69. The van der Waals surface area contributed by atoms with Gasteiger partial charge in [-0.05, 0) is 45.4 Å². The number of hydrogen-bond acceptors (Lipinski definition) is 3. The van der Waals surface area contributed by atoms with Crippen LogP contribution < -0.4 is 5.32 Å². The molecule has 1 atom stereocenters. The molecule has 0 heterocycles. The van der Waals surface area contributed by atoms with E-state index in [4.69, 9.17) is 0 Å². The molecule has 0 aliphatic rings. The van der Waals surface area contributed by atoms with Crippen molar-refractivity contribution in [1.82, 2.24) is 5.32 Å². The maximum atomic E-state index is 12.1. The maximum Gasteiger partial charge on any atom is 0.178 e. The first-order valence-electron chi connectivity index (χ1n) is 6.48. The SMILES string of the molecule is CCCNC(C)CCS(=O)(=O)c1ccc(C)cc1. The lowest BCUT2D eigenvalue weighted by molar-refractivity contribution is 0.525. The number of sulfone groups is 1. The molecule has 102 valence electrons. The summed E-state index contributed by atoms with van der Waals surface area (Å²) in [6.07, 6.45) is 1.71. The average molecular weight is 269 g/mol. The third kappa shape index (κ3) is 4.78. The van der Waals surface area contributed by atoms with Gasteiger partial charge in [0.2, 0.25) is 0 Å². The molecule has 4 heteroatoms. The molecule has 1 aromatic rings. The molecule has 0 fully saturated rings. The summed E-state index contributed by atoms with van der Waals surface area (Å²) < 4.78 is 24.2. The highest BCUT2D eigenvalue weighted by Gasteiger charge is 2.15. The van der Waals surface area contributed by atoms with Crippen molar-refractivity contribution < 1.29 is 8.42 Å². The van der Waals surface area contributed by atoms with Crippen LogP contribution in [0.1, 0.15) is 32.3 Å². The van der Waals surface area contributed by atoms with Gasteiger partial charge in [-0.25, -0.2) is 8.42 Å². The van der Waals surface area contributed by atoms with Gasteiger partial charge < -0.3 is 5.32 Å². The largest absolute Gasteiger partial charge is 0.314 e. The molecule has 1 N–H and O–H groups in total. The van der Waals surface area contributed by atoms with Crippen LogP contribution in [0.15, 0.2) is 29.2 Å². The van der Waals surface area contributed by atoms with Crippen LogP contribution in [0.2, 0.25) is 0 Å². The van der Waals surface area contributed by atoms with Crippen molar-refractivity contribution in [2.45, 2.75) is 44.6 Å². The topological polar surface area (TPSA) is 46.2 Å². The molecule has 18 heavy (non-hydrogen) atoms. The van der Waals surface area contributed by atoms with E-state index >= 15 is 0 Å². The van der Waals surface area contributed by atoms with Gasteiger partial charge in [-0.1, -0.05) is 24.6 Å². The molecular formula is C14H23NO2S. The van der Waals surface area contributed by atoms with Crippen LogP contribution in [0.3, 0.4) is 0 Å². The van der Waals surface area contributed by atoms with Crippen molar-refractivity contribution in [2.75, 3.05) is 12.3 Å². The summed E-state index contributed by atoms with van der Waals surface area (Å²) in [6, 6.07) is 7.30. The fourth-order valence-corrected chi connectivity index (χ4v) is 3.14. The fraction of sp³-hybridized carbons (Fsp3) is 0.571. The zero-order valence-electron chi connectivity index (χ0n) is 11.4. The predicted octanol–water partition coefficient (Wildman–Crippen LogP) is 2.55. The number of hydrogen-bond donors (Lipinski definition) is 1. The van der Waals surface area contributed by atoms with Crippen molar-refractivity contribution >= 4 is 9.84 Å². The molecule has 0 amide bonds. The van der Waals surface area contributed by atoms with E-state index in [0.717, 1.165) is 18.5 Å². The Labute approximate surface area is 111 Å². The number of nitrogens with one attached hydrogen (secondary N) is 1. The van der Waals surface area contributed by atoms with E-state index in [1.165, 1.54) is 0 Å². The van der Waals surface area contributed by atoms with Crippen molar-refractivity contribution in [3.63, 3.8) is 0 Å². The Bertz CT molecular complexity index is 451. The van der Waals surface area contributed by atoms with Crippen molar-refractivity contribution in [1.29, 1.82) is 0 Å². The van der Waals surface area contributed by atoms with Gasteiger partial charge in [0.15, 0.2) is 9.84 Å². The molecular weight excluding hydrogens is 246 g/mol. The monoisotopic (exact) mass is 269 g/mol. The van der Waals surface area contributed by atoms with Crippen LogP contribution >= 0.6 is 0 Å². The van der Waals surface area contributed by atoms with Gasteiger partial charge in [-0.15, -0.1) is 0 Å². The van der Waals surface area contributed by atoms with E-state index in [-0.39, 0.29) is 11.8 Å². The highest BCUT2D eigenvalue weighted by Crippen LogP contribution is 2.13. The number of benzene rings is 1. The molecule has 0 spiro atoms. The second kappa shape index (κ2) is 6.90. The highest BCUT2D eigenvalue weighted by molar-refractivity contribution is 7.91. The van der Waals surface area contributed by atoms with Crippen LogP contribution in [-0.2, 0) is 9.84 Å². The quantitative estimate of drug-likeness (QED) is 0.827. The van der Waals surface area contributed by atoms with E-state index in [2.05, 4.69) is 12.2 Å². The third-order valence-corrected chi connectivity index (χ3v) is 4.71. The molecule has 0 bridgehead atoms. The first kappa shape index (κ1) is 15.2. The van der Waals surface area contributed by atoms with Gasteiger partial charge in [0.25, 0.3) is 0 Å². The minimum Gasteiger partial charge on any atom is -0.314 e. The van der Waals surface area contributed by atoms with E-state index in [0.29, 0.717) is 11.3 Å². The molecule has 0 aliphatic heterocycles. The molecule has 3 nitrogen and oxygen atoms in total. The van der Waals surface area contributed by atoms with Crippen LogP contribution in [-0.4, -0.2) is 26.8 Å². The van der Waals surface area contributed by atoms with Crippen molar-refractivity contribution in [2.24, 2.45) is 0 Å². The van der Waals surface area contributed by atoms with Crippen LogP contribution in [0.4, 0.5) is 0 Å². The van der Waals surface area contributed by atoms with Crippen molar-refractivity contribution in [3.05, 3.63) is 29.8 Å². The van der Waals surface area contributed by atoms with E-state index in [1.807, 2.05) is 26.0 Å². The van der Waals surface area contributed by atoms with Gasteiger partial charge in [0, 0.05) is 6.04 Å². The zero-order valence-corrected chi connectivity index (χ0v) is 12.3. The molecule has 1 unspecified atom stereocenters. The Hall–Kier alpha value is -0.870. The van der Waals surface area contributed by atoms with Crippen LogP contribution in [0.5, 0.6) is 0 Å². The minimum atomic E-state index is -3.14. The van der Waals surface area contributed by atoms with E-state index in [9.17, 15) is 8.42 Å². The standard InChI is InChI=1S/C14H23NO2S/c1-4-10-15-13(3)9-11-18(16,17)14-7-5-12(2)6-8-14/h5-8,13,15H,4,9-11H2,1-3H3. The smallest absolute Gasteiger partial charge is 0.178 e. The molecule has 0 aromatic heterocycles. The maximum absolute atomic E-state index is 12.1. The first-order valence-corrected chi connectivity index (χ1v) is 8.13. The van der Waals surface area contributed by atoms with Crippen LogP contribution in [0.25, 0.3) is 0 Å². The van der Waals surface area contributed by atoms with Gasteiger partial charge in [-0.2, -0.15) is 0 Å². The predicted molar refractivity (Wildman–Crippen MR) is 75.6 cm³/mol. The summed E-state index contributed by atoms with van der Waals surface area (Å²) in [5.74, 6) is 0.202. The van der Waals surface area contributed by atoms with Crippen molar-refractivity contribution in [3.8, 4) is 0 Å². The van der Waals surface area contributed by atoms with Gasteiger partial charge in [-0.3, -0.25) is 0 Å². The minimum absolute atomic E-state index is 0.202.